The monoisotopic (exact) mass is 214 g/mol. The van der Waals surface area contributed by atoms with Gasteiger partial charge in [0.05, 0.1) is 5.69 Å². The average Bonchev–Trinajstić information content (AvgIpc) is 2.38. The van der Waals surface area contributed by atoms with Gasteiger partial charge in [-0.25, -0.2) is 9.97 Å². The van der Waals surface area contributed by atoms with Crippen LogP contribution in [0, 0.1) is 0 Å². The highest BCUT2D eigenvalue weighted by Gasteiger charge is 2.09. The summed E-state index contributed by atoms with van der Waals surface area (Å²) in [5.74, 6) is 0.893. The second-order valence-corrected chi connectivity index (χ2v) is 3.39. The Morgan fingerprint density at radius 3 is 2.56 bits per heavy atom. The van der Waals surface area contributed by atoms with Crippen molar-refractivity contribution >= 4 is 5.82 Å². The van der Waals surface area contributed by atoms with Gasteiger partial charge in [0.2, 0.25) is 0 Å². The Morgan fingerprint density at radius 2 is 1.94 bits per heavy atom. The van der Waals surface area contributed by atoms with Crippen molar-refractivity contribution in [2.45, 2.75) is 13.3 Å². The van der Waals surface area contributed by atoms with Gasteiger partial charge >= 0.3 is 0 Å². The van der Waals surface area contributed by atoms with E-state index in [0.29, 0.717) is 0 Å². The minimum absolute atomic E-state index is 0.893. The second kappa shape index (κ2) is 4.70. The van der Waals surface area contributed by atoms with Crippen LogP contribution in [0.1, 0.15) is 12.5 Å². The number of anilines is 1. The van der Waals surface area contributed by atoms with E-state index in [1.165, 1.54) is 0 Å². The molecule has 0 fully saturated rings. The van der Waals surface area contributed by atoms with E-state index in [1.807, 2.05) is 19.2 Å². The number of nitrogens with zero attached hydrogens (tertiary/aromatic N) is 3. The molecule has 4 nitrogen and oxygen atoms in total. The summed E-state index contributed by atoms with van der Waals surface area (Å²) in [6, 6.07) is 3.92. The molecule has 0 amide bonds. The van der Waals surface area contributed by atoms with Crippen LogP contribution >= 0.6 is 0 Å². The first-order chi connectivity index (χ1) is 7.86. The fourth-order valence-electron chi connectivity index (χ4n) is 1.72. The smallest absolute Gasteiger partial charge is 0.132 e. The zero-order valence-corrected chi connectivity index (χ0v) is 9.44. The summed E-state index contributed by atoms with van der Waals surface area (Å²) in [5, 5.41) is 3.09. The first-order valence-electron chi connectivity index (χ1n) is 5.28. The summed E-state index contributed by atoms with van der Waals surface area (Å²) >= 11 is 0. The Morgan fingerprint density at radius 1 is 1.19 bits per heavy atom. The van der Waals surface area contributed by atoms with Crippen LogP contribution < -0.4 is 5.32 Å². The Bertz CT molecular complexity index is 468. The Balaban J connectivity index is 2.57. The zero-order valence-electron chi connectivity index (χ0n) is 9.44. The van der Waals surface area contributed by atoms with Crippen LogP contribution in [-0.4, -0.2) is 22.0 Å². The third-order valence-corrected chi connectivity index (χ3v) is 2.49. The largest absolute Gasteiger partial charge is 0.373 e. The van der Waals surface area contributed by atoms with Crippen LogP contribution in [0.25, 0.3) is 11.3 Å². The van der Waals surface area contributed by atoms with Gasteiger partial charge < -0.3 is 5.32 Å². The first-order valence-corrected chi connectivity index (χ1v) is 5.28. The van der Waals surface area contributed by atoms with Crippen LogP contribution in [0.4, 0.5) is 5.82 Å². The second-order valence-electron chi connectivity index (χ2n) is 3.39. The van der Waals surface area contributed by atoms with Crippen LogP contribution in [0.3, 0.4) is 0 Å². The lowest BCUT2D eigenvalue weighted by atomic mass is 10.1. The molecule has 16 heavy (non-hydrogen) atoms. The van der Waals surface area contributed by atoms with Gasteiger partial charge in [0.25, 0.3) is 0 Å². The predicted molar refractivity (Wildman–Crippen MR) is 64.2 cm³/mol. The summed E-state index contributed by atoms with van der Waals surface area (Å²) in [4.78, 5) is 12.6. The number of hydrogen-bond donors (Lipinski definition) is 1. The molecule has 4 heteroatoms. The molecule has 1 N–H and O–H groups in total. The van der Waals surface area contributed by atoms with E-state index in [1.54, 1.807) is 18.7 Å². The molecule has 2 rings (SSSR count). The van der Waals surface area contributed by atoms with Gasteiger partial charge in [-0.3, -0.25) is 4.98 Å². The minimum atomic E-state index is 0.893. The highest BCUT2D eigenvalue weighted by Crippen LogP contribution is 2.24. The molecule has 82 valence electrons. The molecule has 0 aliphatic rings. The van der Waals surface area contributed by atoms with E-state index in [4.69, 9.17) is 0 Å². The summed E-state index contributed by atoms with van der Waals surface area (Å²) in [6.45, 7) is 2.10. The first kappa shape index (κ1) is 10.5. The third-order valence-electron chi connectivity index (χ3n) is 2.49. The summed E-state index contributed by atoms with van der Waals surface area (Å²) in [7, 11) is 1.87. The topological polar surface area (TPSA) is 50.7 Å². The maximum atomic E-state index is 4.35. The van der Waals surface area contributed by atoms with Crippen molar-refractivity contribution in [3.05, 3.63) is 36.4 Å². The van der Waals surface area contributed by atoms with Gasteiger partial charge in [-0.15, -0.1) is 0 Å². The predicted octanol–water partition coefficient (Wildman–Crippen LogP) is 2.14. The normalized spacial score (nSPS) is 10.1. The lowest BCUT2D eigenvalue weighted by molar-refractivity contribution is 1.05. The maximum absolute atomic E-state index is 4.35. The molecular weight excluding hydrogens is 200 g/mol. The highest BCUT2D eigenvalue weighted by atomic mass is 15.0. The summed E-state index contributed by atoms with van der Waals surface area (Å²) in [5.41, 5.74) is 3.19. The molecule has 0 unspecified atom stereocenters. The van der Waals surface area contributed by atoms with E-state index in [2.05, 4.69) is 27.2 Å². The van der Waals surface area contributed by atoms with Crippen LogP contribution in [0.5, 0.6) is 0 Å². The van der Waals surface area contributed by atoms with Crippen molar-refractivity contribution in [3.8, 4) is 11.3 Å². The minimum Gasteiger partial charge on any atom is -0.373 e. The molecule has 0 radical (unpaired) electrons. The molecular formula is C12H14N4. The maximum Gasteiger partial charge on any atom is 0.132 e. The number of rotatable bonds is 3. The van der Waals surface area contributed by atoms with Gasteiger partial charge in [-0.2, -0.15) is 0 Å². The lowest BCUT2D eigenvalue weighted by Gasteiger charge is -2.10. The van der Waals surface area contributed by atoms with Crippen LogP contribution in [0.2, 0.25) is 0 Å². The molecule has 0 atom stereocenters. The molecule has 0 aromatic carbocycles. The lowest BCUT2D eigenvalue weighted by Crippen LogP contribution is -2.02. The van der Waals surface area contributed by atoms with Crippen molar-refractivity contribution < 1.29 is 0 Å². The van der Waals surface area contributed by atoms with Gasteiger partial charge in [-0.1, -0.05) is 6.92 Å². The fraction of sp³-hybridized carbons (Fsp3) is 0.250. The SMILES string of the molecule is CCc1c(NC)ncnc1-c1ccncc1. The van der Waals surface area contributed by atoms with Gasteiger partial charge in [0.1, 0.15) is 12.1 Å². The number of pyridine rings is 1. The van der Waals surface area contributed by atoms with E-state index < -0.39 is 0 Å². The van der Waals surface area contributed by atoms with Gasteiger partial charge in [-0.05, 0) is 18.6 Å². The van der Waals surface area contributed by atoms with E-state index in [9.17, 15) is 0 Å². The Kier molecular flexibility index (Phi) is 3.10. The third kappa shape index (κ3) is 1.86. The zero-order chi connectivity index (χ0) is 11.4. The molecule has 0 bridgehead atoms. The molecule has 2 aromatic heterocycles. The average molecular weight is 214 g/mol. The van der Waals surface area contributed by atoms with Crippen molar-refractivity contribution in [2.75, 3.05) is 12.4 Å². The molecule has 0 saturated heterocycles. The quantitative estimate of drug-likeness (QED) is 0.850. The van der Waals surface area contributed by atoms with Crippen LogP contribution in [-0.2, 0) is 6.42 Å². The van der Waals surface area contributed by atoms with E-state index >= 15 is 0 Å². The molecule has 0 spiro atoms. The highest BCUT2D eigenvalue weighted by molar-refractivity contribution is 5.67. The van der Waals surface area contributed by atoms with Gasteiger partial charge in [0, 0.05) is 30.6 Å². The number of hydrogen-bond acceptors (Lipinski definition) is 4. The Labute approximate surface area is 94.8 Å². The Hall–Kier alpha value is -1.97. The fourth-order valence-corrected chi connectivity index (χ4v) is 1.72. The van der Waals surface area contributed by atoms with Crippen LogP contribution in [0.15, 0.2) is 30.9 Å². The van der Waals surface area contributed by atoms with E-state index in [0.717, 1.165) is 29.1 Å². The molecule has 0 saturated carbocycles. The number of nitrogens with one attached hydrogen (secondary N) is 1. The van der Waals surface area contributed by atoms with Crippen molar-refractivity contribution in [3.63, 3.8) is 0 Å². The standard InChI is InChI=1S/C12H14N4/c1-3-10-11(9-4-6-14-7-5-9)15-8-16-12(10)13-2/h4-8H,3H2,1-2H3,(H,13,15,16). The van der Waals surface area contributed by atoms with Gasteiger partial charge in [0.15, 0.2) is 0 Å². The van der Waals surface area contributed by atoms with Crippen molar-refractivity contribution in [1.82, 2.24) is 15.0 Å². The number of aromatic nitrogens is 3. The molecule has 0 aliphatic carbocycles. The van der Waals surface area contributed by atoms with Crippen molar-refractivity contribution in [1.29, 1.82) is 0 Å². The summed E-state index contributed by atoms with van der Waals surface area (Å²) < 4.78 is 0. The van der Waals surface area contributed by atoms with E-state index in [-0.39, 0.29) is 0 Å². The molecule has 0 aliphatic heterocycles. The summed E-state index contributed by atoms with van der Waals surface area (Å²) in [6.07, 6.45) is 6.03. The van der Waals surface area contributed by atoms with Crippen molar-refractivity contribution in [2.24, 2.45) is 0 Å². The molecule has 2 aromatic rings. The molecule has 2 heterocycles.